The summed E-state index contributed by atoms with van der Waals surface area (Å²) in [5.41, 5.74) is 0.290. The summed E-state index contributed by atoms with van der Waals surface area (Å²) in [7, 11) is 0. The number of non-ortho nitro benzene ring substituents is 1. The number of hydrogen-bond acceptors (Lipinski definition) is 5. The number of nitro groups is 1. The van der Waals surface area contributed by atoms with E-state index in [2.05, 4.69) is 4.98 Å². The second-order valence-electron chi connectivity index (χ2n) is 4.60. The number of nitrogens with zero attached hydrogens (tertiary/aromatic N) is 3. The lowest BCUT2D eigenvalue weighted by Gasteiger charge is -2.08. The molecule has 21 heavy (non-hydrogen) atoms. The van der Waals surface area contributed by atoms with E-state index < -0.39 is 4.92 Å². The Kier molecular flexibility index (Phi) is 3.93. The van der Waals surface area contributed by atoms with Crippen molar-refractivity contribution in [3.05, 3.63) is 67.9 Å². The monoisotopic (exact) mass is 287 g/mol. The lowest BCUT2D eigenvalue weighted by Crippen LogP contribution is -2.27. The van der Waals surface area contributed by atoms with Gasteiger partial charge in [0.2, 0.25) is 0 Å². The Hall–Kier alpha value is -2.83. The number of ketones is 1. The van der Waals surface area contributed by atoms with Gasteiger partial charge in [-0.05, 0) is 13.8 Å². The van der Waals surface area contributed by atoms with Crippen LogP contribution in [0.25, 0.3) is 0 Å². The number of nitro benzene ring substituents is 1. The third kappa shape index (κ3) is 3.19. The van der Waals surface area contributed by atoms with E-state index in [1.165, 1.54) is 34.9 Å². The first-order valence-corrected chi connectivity index (χ1v) is 6.21. The van der Waals surface area contributed by atoms with Gasteiger partial charge in [0.15, 0.2) is 5.78 Å². The number of hydrogen-bond donors (Lipinski definition) is 0. The summed E-state index contributed by atoms with van der Waals surface area (Å²) in [6.45, 7) is 3.13. The van der Waals surface area contributed by atoms with Crippen LogP contribution in [0.4, 0.5) is 5.69 Å². The largest absolute Gasteiger partial charge is 0.292 e. The smallest absolute Gasteiger partial charge is 0.270 e. The third-order valence-corrected chi connectivity index (χ3v) is 3.01. The Morgan fingerprint density at radius 3 is 2.67 bits per heavy atom. The normalized spacial score (nSPS) is 10.4. The van der Waals surface area contributed by atoms with Crippen LogP contribution in [-0.2, 0) is 6.54 Å². The number of Topliss-reactive ketones (excluding diaryl/α,β-unsaturated/α-hetero) is 1. The predicted octanol–water partition coefficient (Wildman–Crippen LogP) is 1.65. The average molecular weight is 287 g/mol. The van der Waals surface area contributed by atoms with Crippen LogP contribution in [0.15, 0.2) is 35.1 Å². The van der Waals surface area contributed by atoms with Crippen LogP contribution in [-0.4, -0.2) is 20.3 Å². The van der Waals surface area contributed by atoms with E-state index in [1.54, 1.807) is 13.8 Å². The minimum absolute atomic E-state index is 0.160. The molecule has 0 unspecified atom stereocenters. The van der Waals surface area contributed by atoms with Crippen molar-refractivity contribution in [1.82, 2.24) is 9.55 Å². The van der Waals surface area contributed by atoms with Crippen LogP contribution < -0.4 is 5.56 Å². The number of benzene rings is 1. The van der Waals surface area contributed by atoms with Crippen LogP contribution >= 0.6 is 0 Å². The molecule has 2 aromatic rings. The predicted molar refractivity (Wildman–Crippen MR) is 75.4 cm³/mol. The molecule has 0 aliphatic heterocycles. The maximum absolute atomic E-state index is 12.2. The number of aromatic nitrogens is 2. The Bertz CT molecular complexity index is 780. The van der Waals surface area contributed by atoms with Gasteiger partial charge < -0.3 is 0 Å². The molecule has 1 aromatic heterocycles. The van der Waals surface area contributed by atoms with Crippen molar-refractivity contribution >= 4 is 11.5 Å². The Morgan fingerprint density at radius 2 is 2.05 bits per heavy atom. The maximum atomic E-state index is 12.2. The molecule has 7 nitrogen and oxygen atoms in total. The minimum Gasteiger partial charge on any atom is -0.292 e. The van der Waals surface area contributed by atoms with Gasteiger partial charge in [-0.15, -0.1) is 0 Å². The average Bonchev–Trinajstić information content (AvgIpc) is 2.42. The molecule has 1 aromatic carbocycles. The van der Waals surface area contributed by atoms with E-state index in [0.29, 0.717) is 11.5 Å². The Balaban J connectivity index is 2.33. The van der Waals surface area contributed by atoms with Crippen LogP contribution in [0.2, 0.25) is 0 Å². The number of rotatable bonds is 4. The van der Waals surface area contributed by atoms with Crippen LogP contribution in [0.5, 0.6) is 0 Å². The molecule has 0 fully saturated rings. The van der Waals surface area contributed by atoms with E-state index in [1.807, 2.05) is 0 Å². The van der Waals surface area contributed by atoms with Gasteiger partial charge in [0.25, 0.3) is 11.2 Å². The van der Waals surface area contributed by atoms with E-state index in [-0.39, 0.29) is 29.1 Å². The molecule has 108 valence electrons. The van der Waals surface area contributed by atoms with Crippen molar-refractivity contribution in [3.8, 4) is 0 Å². The quantitative estimate of drug-likeness (QED) is 0.484. The molecule has 2 rings (SSSR count). The lowest BCUT2D eigenvalue weighted by molar-refractivity contribution is -0.384. The molecule has 0 bridgehead atoms. The molecule has 0 saturated heterocycles. The van der Waals surface area contributed by atoms with Crippen molar-refractivity contribution in [2.75, 3.05) is 0 Å². The van der Waals surface area contributed by atoms with Gasteiger partial charge in [0.05, 0.1) is 11.5 Å². The summed E-state index contributed by atoms with van der Waals surface area (Å²) >= 11 is 0. The Labute approximate surface area is 120 Å². The zero-order chi connectivity index (χ0) is 15.6. The van der Waals surface area contributed by atoms with Crippen molar-refractivity contribution < 1.29 is 9.72 Å². The maximum Gasteiger partial charge on any atom is 0.270 e. The summed E-state index contributed by atoms with van der Waals surface area (Å²) in [5, 5.41) is 10.7. The van der Waals surface area contributed by atoms with Crippen LogP contribution in [0.1, 0.15) is 21.9 Å². The highest BCUT2D eigenvalue weighted by atomic mass is 16.6. The molecule has 0 atom stereocenters. The molecule has 0 spiro atoms. The Morgan fingerprint density at radius 1 is 1.33 bits per heavy atom. The van der Waals surface area contributed by atoms with Crippen molar-refractivity contribution in [3.63, 3.8) is 0 Å². The lowest BCUT2D eigenvalue weighted by atomic mass is 10.1. The minimum atomic E-state index is -0.568. The van der Waals surface area contributed by atoms with Gasteiger partial charge in [-0.25, -0.2) is 4.98 Å². The molecule has 0 N–H and O–H groups in total. The summed E-state index contributed by atoms with van der Waals surface area (Å²) < 4.78 is 1.24. The topological polar surface area (TPSA) is 95.1 Å². The van der Waals surface area contributed by atoms with Crippen molar-refractivity contribution in [1.29, 1.82) is 0 Å². The third-order valence-electron chi connectivity index (χ3n) is 3.01. The van der Waals surface area contributed by atoms with Gasteiger partial charge in [-0.3, -0.25) is 24.3 Å². The molecule has 1 heterocycles. The van der Waals surface area contributed by atoms with E-state index in [0.717, 1.165) is 0 Å². The number of aryl methyl sites for hydroxylation is 2. The molecule has 0 aliphatic rings. The first kappa shape index (κ1) is 14.6. The van der Waals surface area contributed by atoms with E-state index in [9.17, 15) is 19.7 Å². The first-order chi connectivity index (χ1) is 9.88. The zero-order valence-electron chi connectivity index (χ0n) is 11.6. The molecule has 0 radical (unpaired) electrons. The molecule has 0 saturated carbocycles. The number of carbonyl (C=O) groups is 1. The summed E-state index contributed by atoms with van der Waals surface area (Å²) in [6, 6.07) is 6.77. The highest BCUT2D eigenvalue weighted by Gasteiger charge is 2.14. The van der Waals surface area contributed by atoms with Gasteiger partial charge in [-0.2, -0.15) is 0 Å². The van der Waals surface area contributed by atoms with E-state index in [4.69, 9.17) is 0 Å². The van der Waals surface area contributed by atoms with E-state index >= 15 is 0 Å². The summed E-state index contributed by atoms with van der Waals surface area (Å²) in [6.07, 6.45) is 0. The highest BCUT2D eigenvalue weighted by molar-refractivity contribution is 5.96. The fraction of sp³-hybridized carbons (Fsp3) is 0.214. The van der Waals surface area contributed by atoms with Gasteiger partial charge in [0, 0.05) is 29.5 Å². The zero-order valence-corrected chi connectivity index (χ0v) is 11.6. The SMILES string of the molecule is Cc1cc(=O)n(CC(=O)c2cccc([N+](=O)[O-])c2)c(C)n1. The van der Waals surface area contributed by atoms with Gasteiger partial charge >= 0.3 is 0 Å². The van der Waals surface area contributed by atoms with Crippen molar-refractivity contribution in [2.45, 2.75) is 20.4 Å². The summed E-state index contributed by atoms with van der Waals surface area (Å²) in [5.74, 6) is 0.0494. The second kappa shape index (κ2) is 5.66. The van der Waals surface area contributed by atoms with Crippen LogP contribution in [0.3, 0.4) is 0 Å². The van der Waals surface area contributed by atoms with Crippen LogP contribution in [0, 0.1) is 24.0 Å². The first-order valence-electron chi connectivity index (χ1n) is 6.21. The number of carbonyl (C=O) groups excluding carboxylic acids is 1. The molecular formula is C14H13N3O4. The standard InChI is InChI=1S/C14H13N3O4/c1-9-6-14(19)16(10(2)15-9)8-13(18)11-4-3-5-12(7-11)17(20)21/h3-7H,8H2,1-2H3. The van der Waals surface area contributed by atoms with Gasteiger partial charge in [-0.1, -0.05) is 12.1 Å². The highest BCUT2D eigenvalue weighted by Crippen LogP contribution is 2.14. The van der Waals surface area contributed by atoms with Gasteiger partial charge in [0.1, 0.15) is 5.82 Å². The second-order valence-corrected chi connectivity index (χ2v) is 4.60. The summed E-state index contributed by atoms with van der Waals surface area (Å²) in [4.78, 5) is 38.3. The van der Waals surface area contributed by atoms with Crippen molar-refractivity contribution in [2.24, 2.45) is 0 Å². The molecule has 0 aliphatic carbocycles. The molecular weight excluding hydrogens is 274 g/mol. The fourth-order valence-electron chi connectivity index (χ4n) is 1.98. The molecule has 7 heteroatoms. The fourth-order valence-corrected chi connectivity index (χ4v) is 1.98. The molecule has 0 amide bonds.